The smallest absolute Gasteiger partial charge is 0.331 e. The number of fused-ring (bicyclic) bond motifs is 1. The molecule has 96 valence electrons. The van der Waals surface area contributed by atoms with Crippen molar-refractivity contribution >= 4 is 11.0 Å². The van der Waals surface area contributed by atoms with E-state index in [-0.39, 0.29) is 11.5 Å². The van der Waals surface area contributed by atoms with Gasteiger partial charge in [0.15, 0.2) is 0 Å². The maximum Gasteiger partial charge on any atom is 0.331 e. The number of hydrogen-bond acceptors (Lipinski definition) is 2. The number of methoxy groups -OCH3 is 1. The van der Waals surface area contributed by atoms with Gasteiger partial charge in [-0.15, -0.1) is 0 Å². The minimum atomic E-state index is -0.381. The topological polar surface area (TPSA) is 47.0 Å². The maximum atomic E-state index is 13.3. The minimum Gasteiger partial charge on any atom is -0.497 e. The number of halogens is 1. The van der Waals surface area contributed by atoms with E-state index < -0.39 is 0 Å². The fourth-order valence-corrected chi connectivity index (χ4v) is 2.06. The van der Waals surface area contributed by atoms with E-state index in [1.165, 1.54) is 16.7 Å². The molecule has 0 fully saturated rings. The SMILES string of the molecule is COc1ccc(-n2c(=O)[nH]c3ccc(F)cc32)cc1. The van der Waals surface area contributed by atoms with Gasteiger partial charge in [-0.2, -0.15) is 0 Å². The van der Waals surface area contributed by atoms with Crippen molar-refractivity contribution in [1.82, 2.24) is 9.55 Å². The van der Waals surface area contributed by atoms with E-state index >= 15 is 0 Å². The third-order valence-corrected chi connectivity index (χ3v) is 2.98. The number of nitrogens with zero attached hydrogens (tertiary/aromatic N) is 1. The first-order valence-electron chi connectivity index (χ1n) is 5.74. The molecule has 4 nitrogen and oxygen atoms in total. The van der Waals surface area contributed by atoms with Crippen molar-refractivity contribution in [3.8, 4) is 11.4 Å². The van der Waals surface area contributed by atoms with Gasteiger partial charge >= 0.3 is 5.69 Å². The van der Waals surface area contributed by atoms with Crippen molar-refractivity contribution in [2.45, 2.75) is 0 Å². The minimum absolute atomic E-state index is 0.300. The van der Waals surface area contributed by atoms with Gasteiger partial charge in [0, 0.05) is 6.07 Å². The van der Waals surface area contributed by atoms with Crippen molar-refractivity contribution in [3.63, 3.8) is 0 Å². The Bertz CT molecular complexity index is 787. The number of H-pyrrole nitrogens is 1. The van der Waals surface area contributed by atoms with E-state index in [1.807, 2.05) is 0 Å². The Labute approximate surface area is 108 Å². The van der Waals surface area contributed by atoms with E-state index in [0.29, 0.717) is 22.5 Å². The average molecular weight is 258 g/mol. The Morgan fingerprint density at radius 3 is 2.58 bits per heavy atom. The lowest BCUT2D eigenvalue weighted by Crippen LogP contribution is -2.14. The van der Waals surface area contributed by atoms with Gasteiger partial charge in [-0.05, 0) is 36.4 Å². The Hall–Kier alpha value is -2.56. The quantitative estimate of drug-likeness (QED) is 0.767. The Morgan fingerprint density at radius 1 is 1.16 bits per heavy atom. The maximum absolute atomic E-state index is 13.3. The van der Waals surface area contributed by atoms with Gasteiger partial charge in [-0.1, -0.05) is 0 Å². The first-order chi connectivity index (χ1) is 9.19. The fraction of sp³-hybridized carbons (Fsp3) is 0.0714. The predicted molar refractivity (Wildman–Crippen MR) is 70.4 cm³/mol. The van der Waals surface area contributed by atoms with Crippen LogP contribution >= 0.6 is 0 Å². The van der Waals surface area contributed by atoms with E-state index in [4.69, 9.17) is 4.74 Å². The van der Waals surface area contributed by atoms with Gasteiger partial charge in [0.2, 0.25) is 0 Å². The summed E-state index contributed by atoms with van der Waals surface area (Å²) in [4.78, 5) is 14.6. The van der Waals surface area contributed by atoms with Crippen LogP contribution in [0, 0.1) is 5.82 Å². The van der Waals surface area contributed by atoms with Crippen molar-refractivity contribution in [1.29, 1.82) is 0 Å². The molecular formula is C14H11FN2O2. The molecule has 0 atom stereocenters. The highest BCUT2D eigenvalue weighted by Crippen LogP contribution is 2.19. The lowest BCUT2D eigenvalue weighted by Gasteiger charge is -2.05. The third-order valence-electron chi connectivity index (χ3n) is 2.98. The summed E-state index contributed by atoms with van der Waals surface area (Å²) in [5, 5.41) is 0. The van der Waals surface area contributed by atoms with Crippen LogP contribution in [0.1, 0.15) is 0 Å². The molecule has 3 aromatic rings. The molecule has 0 bridgehead atoms. The second kappa shape index (κ2) is 4.28. The van der Waals surface area contributed by atoms with Crippen LogP contribution in [0.25, 0.3) is 16.7 Å². The van der Waals surface area contributed by atoms with Crippen LogP contribution in [-0.4, -0.2) is 16.7 Å². The van der Waals surface area contributed by atoms with Crippen LogP contribution in [0.3, 0.4) is 0 Å². The molecule has 0 unspecified atom stereocenters. The molecule has 1 heterocycles. The second-order valence-corrected chi connectivity index (χ2v) is 4.13. The summed E-state index contributed by atoms with van der Waals surface area (Å²) in [6.45, 7) is 0. The molecule has 0 radical (unpaired) electrons. The lowest BCUT2D eigenvalue weighted by molar-refractivity contribution is 0.414. The number of imidazole rings is 1. The standard InChI is InChI=1S/C14H11FN2O2/c1-19-11-5-3-10(4-6-11)17-13-8-9(15)2-7-12(13)16-14(17)18/h2-8H,1H3,(H,16,18). The number of benzene rings is 2. The Morgan fingerprint density at radius 2 is 1.89 bits per heavy atom. The Balaban J connectivity index is 2.25. The zero-order valence-corrected chi connectivity index (χ0v) is 10.2. The molecule has 0 aliphatic carbocycles. The zero-order chi connectivity index (χ0) is 13.4. The van der Waals surface area contributed by atoms with Gasteiger partial charge in [0.25, 0.3) is 0 Å². The molecule has 0 amide bonds. The molecule has 0 saturated heterocycles. The highest BCUT2D eigenvalue weighted by molar-refractivity contribution is 5.77. The summed E-state index contributed by atoms with van der Waals surface area (Å²) >= 11 is 0. The number of rotatable bonds is 2. The predicted octanol–water partition coefficient (Wildman–Crippen LogP) is 2.47. The number of aromatic nitrogens is 2. The number of aromatic amines is 1. The van der Waals surface area contributed by atoms with Crippen molar-refractivity contribution < 1.29 is 9.13 Å². The Kier molecular flexibility index (Phi) is 2.59. The molecule has 1 aromatic heterocycles. The number of nitrogens with one attached hydrogen (secondary N) is 1. The summed E-state index contributed by atoms with van der Waals surface area (Å²) in [6, 6.07) is 11.2. The van der Waals surface area contributed by atoms with Crippen LogP contribution in [0.15, 0.2) is 47.3 Å². The van der Waals surface area contributed by atoms with Gasteiger partial charge in [-0.3, -0.25) is 4.57 Å². The molecule has 3 rings (SSSR count). The largest absolute Gasteiger partial charge is 0.497 e. The summed E-state index contributed by atoms with van der Waals surface area (Å²) in [6.07, 6.45) is 0. The van der Waals surface area contributed by atoms with E-state index in [9.17, 15) is 9.18 Å². The van der Waals surface area contributed by atoms with Gasteiger partial charge in [0.05, 0.1) is 23.8 Å². The van der Waals surface area contributed by atoms with E-state index in [2.05, 4.69) is 4.98 Å². The fourth-order valence-electron chi connectivity index (χ4n) is 2.06. The van der Waals surface area contributed by atoms with Crippen LogP contribution in [-0.2, 0) is 0 Å². The van der Waals surface area contributed by atoms with Crippen LogP contribution in [0.5, 0.6) is 5.75 Å². The molecule has 0 saturated carbocycles. The number of ether oxygens (including phenoxy) is 1. The first-order valence-corrected chi connectivity index (χ1v) is 5.74. The van der Waals surface area contributed by atoms with E-state index in [1.54, 1.807) is 37.4 Å². The molecule has 19 heavy (non-hydrogen) atoms. The van der Waals surface area contributed by atoms with E-state index in [0.717, 1.165) is 0 Å². The second-order valence-electron chi connectivity index (χ2n) is 4.13. The third kappa shape index (κ3) is 1.89. The highest BCUT2D eigenvalue weighted by atomic mass is 19.1. The molecular weight excluding hydrogens is 247 g/mol. The summed E-state index contributed by atoms with van der Waals surface area (Å²) in [5.41, 5.74) is 1.46. The molecule has 1 N–H and O–H groups in total. The number of hydrogen-bond donors (Lipinski definition) is 1. The summed E-state index contributed by atoms with van der Waals surface area (Å²) in [7, 11) is 1.57. The molecule has 0 spiro atoms. The lowest BCUT2D eigenvalue weighted by atomic mass is 10.2. The zero-order valence-electron chi connectivity index (χ0n) is 10.2. The normalized spacial score (nSPS) is 10.8. The molecule has 5 heteroatoms. The van der Waals surface area contributed by atoms with Crippen LogP contribution in [0.4, 0.5) is 4.39 Å². The highest BCUT2D eigenvalue weighted by Gasteiger charge is 2.09. The van der Waals surface area contributed by atoms with Crippen molar-refractivity contribution in [2.24, 2.45) is 0 Å². The molecule has 2 aromatic carbocycles. The summed E-state index contributed by atoms with van der Waals surface area (Å²) in [5.74, 6) is 0.316. The summed E-state index contributed by atoms with van der Waals surface area (Å²) < 4.78 is 19.8. The van der Waals surface area contributed by atoms with Crippen molar-refractivity contribution in [3.05, 3.63) is 58.8 Å². The monoisotopic (exact) mass is 258 g/mol. The molecule has 0 aliphatic rings. The van der Waals surface area contributed by atoms with Gasteiger partial charge in [-0.25, -0.2) is 9.18 Å². The van der Waals surface area contributed by atoms with Crippen LogP contribution in [0.2, 0.25) is 0 Å². The van der Waals surface area contributed by atoms with Crippen LogP contribution < -0.4 is 10.4 Å². The molecule has 0 aliphatic heterocycles. The van der Waals surface area contributed by atoms with Crippen molar-refractivity contribution in [2.75, 3.05) is 7.11 Å². The average Bonchev–Trinajstić information content (AvgIpc) is 2.74. The van der Waals surface area contributed by atoms with Gasteiger partial charge < -0.3 is 9.72 Å². The van der Waals surface area contributed by atoms with Gasteiger partial charge in [0.1, 0.15) is 11.6 Å². The first kappa shape index (κ1) is 11.5.